The van der Waals surface area contributed by atoms with Crippen LogP contribution in [-0.2, 0) is 16.1 Å². The van der Waals surface area contributed by atoms with Crippen LogP contribution < -0.4 is 5.73 Å². The van der Waals surface area contributed by atoms with Crippen molar-refractivity contribution in [2.24, 2.45) is 5.73 Å². The summed E-state index contributed by atoms with van der Waals surface area (Å²) < 4.78 is 4.14. The van der Waals surface area contributed by atoms with Gasteiger partial charge in [0, 0.05) is 12.6 Å². The van der Waals surface area contributed by atoms with E-state index in [1.807, 2.05) is 30.3 Å². The van der Waals surface area contributed by atoms with E-state index in [0.29, 0.717) is 6.54 Å². The molecule has 15 heavy (non-hydrogen) atoms. The van der Waals surface area contributed by atoms with Gasteiger partial charge in [0.05, 0.1) is 7.11 Å². The number of hydrogen-bond donors (Lipinski definition) is 1. The molecule has 1 aromatic rings. The molecule has 0 aliphatic heterocycles. The normalized spacial score (nSPS) is 7.60. The quantitative estimate of drug-likeness (QED) is 0.623. The third-order valence-electron chi connectivity index (χ3n) is 1.45. The summed E-state index contributed by atoms with van der Waals surface area (Å²) in [6, 6.07) is 9.99. The van der Waals surface area contributed by atoms with Crippen LogP contribution in [0.4, 0.5) is 0 Å². The lowest BCUT2D eigenvalue weighted by Gasteiger charge is -1.90. The molecule has 0 aromatic heterocycles. The summed E-state index contributed by atoms with van der Waals surface area (Å²) in [6.45, 7) is 3.80. The van der Waals surface area contributed by atoms with Crippen molar-refractivity contribution in [3.05, 3.63) is 48.6 Å². The maximum Gasteiger partial charge on any atom is 0.329 e. The third kappa shape index (κ3) is 9.00. The molecule has 0 radical (unpaired) electrons. The van der Waals surface area contributed by atoms with Crippen LogP contribution >= 0.6 is 12.4 Å². The Kier molecular flexibility index (Phi) is 11.6. The molecule has 1 aromatic carbocycles. The first-order chi connectivity index (χ1) is 6.74. The molecule has 1 rings (SSSR count). The van der Waals surface area contributed by atoms with Gasteiger partial charge in [0.15, 0.2) is 0 Å². The van der Waals surface area contributed by atoms with E-state index in [4.69, 9.17) is 5.73 Å². The van der Waals surface area contributed by atoms with Crippen LogP contribution in [0.15, 0.2) is 43.0 Å². The Morgan fingerprint density at radius 2 is 2.00 bits per heavy atom. The average Bonchev–Trinajstić information content (AvgIpc) is 2.30. The molecule has 0 unspecified atom stereocenters. The van der Waals surface area contributed by atoms with E-state index in [1.165, 1.54) is 12.7 Å². The van der Waals surface area contributed by atoms with Gasteiger partial charge in [0.25, 0.3) is 0 Å². The van der Waals surface area contributed by atoms with E-state index in [2.05, 4.69) is 11.3 Å². The fraction of sp³-hybridized carbons (Fsp3) is 0.182. The lowest BCUT2D eigenvalue weighted by Crippen LogP contribution is -1.94. The van der Waals surface area contributed by atoms with E-state index in [-0.39, 0.29) is 12.4 Å². The highest BCUT2D eigenvalue weighted by Gasteiger charge is 1.82. The summed E-state index contributed by atoms with van der Waals surface area (Å²) in [5.74, 6) is -0.394. The number of carbonyl (C=O) groups is 1. The smallest absolute Gasteiger partial charge is 0.329 e. The Morgan fingerprint density at radius 3 is 2.20 bits per heavy atom. The lowest BCUT2D eigenvalue weighted by molar-refractivity contribution is -0.134. The fourth-order valence-corrected chi connectivity index (χ4v) is 0.697. The maximum absolute atomic E-state index is 9.84. The van der Waals surface area contributed by atoms with Gasteiger partial charge < -0.3 is 10.5 Å². The number of hydrogen-bond acceptors (Lipinski definition) is 3. The zero-order valence-corrected chi connectivity index (χ0v) is 9.50. The second-order valence-corrected chi connectivity index (χ2v) is 2.42. The molecule has 4 heteroatoms. The summed E-state index contributed by atoms with van der Waals surface area (Å²) >= 11 is 0. The monoisotopic (exact) mass is 229 g/mol. The van der Waals surface area contributed by atoms with Crippen LogP contribution in [0.5, 0.6) is 0 Å². The van der Waals surface area contributed by atoms with E-state index < -0.39 is 5.97 Å². The highest BCUT2D eigenvalue weighted by molar-refractivity contribution is 5.85. The Morgan fingerprint density at radius 1 is 1.47 bits per heavy atom. The Labute approximate surface area is 96.3 Å². The molecular formula is C11H16ClNO2. The van der Waals surface area contributed by atoms with Gasteiger partial charge in [0.1, 0.15) is 0 Å². The zero-order valence-electron chi connectivity index (χ0n) is 8.68. The molecule has 0 aliphatic carbocycles. The number of esters is 1. The summed E-state index contributed by atoms with van der Waals surface area (Å²) in [6.07, 6.45) is 1.11. The van der Waals surface area contributed by atoms with E-state index in [0.717, 1.165) is 6.08 Å². The molecule has 0 amide bonds. The predicted octanol–water partition coefficient (Wildman–Crippen LogP) is 1.91. The van der Waals surface area contributed by atoms with Crippen molar-refractivity contribution < 1.29 is 9.53 Å². The van der Waals surface area contributed by atoms with Gasteiger partial charge in [-0.25, -0.2) is 4.79 Å². The molecule has 84 valence electrons. The third-order valence-corrected chi connectivity index (χ3v) is 1.45. The molecule has 0 fully saturated rings. The van der Waals surface area contributed by atoms with Crippen LogP contribution in [0.25, 0.3) is 0 Å². The number of rotatable bonds is 2. The molecule has 2 N–H and O–H groups in total. The summed E-state index contributed by atoms with van der Waals surface area (Å²) in [5, 5.41) is 0. The van der Waals surface area contributed by atoms with E-state index in [9.17, 15) is 4.79 Å². The molecule has 0 saturated heterocycles. The van der Waals surface area contributed by atoms with Crippen molar-refractivity contribution in [1.29, 1.82) is 0 Å². The Bertz CT molecular complexity index is 275. The molecule has 0 spiro atoms. The average molecular weight is 230 g/mol. The number of nitrogens with two attached hydrogens (primary N) is 1. The SMILES string of the molecule is C=CC(=O)OC.Cl.NCc1ccccc1. The maximum atomic E-state index is 9.84. The molecule has 0 bridgehead atoms. The summed E-state index contributed by atoms with van der Waals surface area (Å²) in [4.78, 5) is 9.84. The molecule has 0 saturated carbocycles. The first kappa shape index (κ1) is 16.1. The van der Waals surface area contributed by atoms with Crippen LogP contribution in [-0.4, -0.2) is 13.1 Å². The topological polar surface area (TPSA) is 52.3 Å². The molecule has 0 heterocycles. The van der Waals surface area contributed by atoms with E-state index >= 15 is 0 Å². The van der Waals surface area contributed by atoms with Gasteiger partial charge in [0.2, 0.25) is 0 Å². The number of carbonyl (C=O) groups excluding carboxylic acids is 1. The highest BCUT2D eigenvalue weighted by atomic mass is 35.5. The molecule has 0 aliphatic rings. The van der Waals surface area contributed by atoms with Crippen molar-refractivity contribution in [3.63, 3.8) is 0 Å². The number of ether oxygens (including phenoxy) is 1. The largest absolute Gasteiger partial charge is 0.466 e. The number of methoxy groups -OCH3 is 1. The minimum Gasteiger partial charge on any atom is -0.466 e. The highest BCUT2D eigenvalue weighted by Crippen LogP contribution is 1.94. The molecule has 3 nitrogen and oxygen atoms in total. The van der Waals surface area contributed by atoms with Gasteiger partial charge in [-0.1, -0.05) is 36.9 Å². The summed E-state index contributed by atoms with van der Waals surface area (Å²) in [5.41, 5.74) is 6.54. The summed E-state index contributed by atoms with van der Waals surface area (Å²) in [7, 11) is 1.31. The number of benzene rings is 1. The zero-order chi connectivity index (χ0) is 10.8. The predicted molar refractivity (Wildman–Crippen MR) is 63.8 cm³/mol. The van der Waals surface area contributed by atoms with Crippen molar-refractivity contribution >= 4 is 18.4 Å². The van der Waals surface area contributed by atoms with Gasteiger partial charge in [-0.3, -0.25) is 0 Å². The van der Waals surface area contributed by atoms with Gasteiger partial charge in [-0.2, -0.15) is 0 Å². The van der Waals surface area contributed by atoms with Gasteiger partial charge in [-0.05, 0) is 5.56 Å². The Balaban J connectivity index is 0. The van der Waals surface area contributed by atoms with Crippen molar-refractivity contribution in [2.45, 2.75) is 6.54 Å². The standard InChI is InChI=1S/C7H9N.C4H6O2.ClH/c8-6-7-4-2-1-3-5-7;1-3-4(5)6-2;/h1-5H,6,8H2;3H,1H2,2H3;1H. The molecular weight excluding hydrogens is 214 g/mol. The number of halogens is 1. The lowest BCUT2D eigenvalue weighted by atomic mass is 10.2. The fourth-order valence-electron chi connectivity index (χ4n) is 0.697. The second kappa shape index (κ2) is 10.8. The van der Waals surface area contributed by atoms with Crippen molar-refractivity contribution in [3.8, 4) is 0 Å². The van der Waals surface area contributed by atoms with Crippen molar-refractivity contribution in [2.75, 3.05) is 7.11 Å². The Hall–Kier alpha value is -1.32. The van der Waals surface area contributed by atoms with Crippen LogP contribution in [0, 0.1) is 0 Å². The minimum atomic E-state index is -0.394. The van der Waals surface area contributed by atoms with Crippen LogP contribution in [0.2, 0.25) is 0 Å². The molecule has 0 atom stereocenters. The first-order valence-corrected chi connectivity index (χ1v) is 4.19. The second-order valence-electron chi connectivity index (χ2n) is 2.42. The minimum absolute atomic E-state index is 0. The van der Waals surface area contributed by atoms with Gasteiger partial charge >= 0.3 is 5.97 Å². The van der Waals surface area contributed by atoms with E-state index in [1.54, 1.807) is 0 Å². The van der Waals surface area contributed by atoms with Gasteiger partial charge in [-0.15, -0.1) is 12.4 Å². The van der Waals surface area contributed by atoms with Crippen molar-refractivity contribution in [1.82, 2.24) is 0 Å². The van der Waals surface area contributed by atoms with Crippen LogP contribution in [0.3, 0.4) is 0 Å². The first-order valence-electron chi connectivity index (χ1n) is 4.19. The van der Waals surface area contributed by atoms with Crippen LogP contribution in [0.1, 0.15) is 5.56 Å².